The van der Waals surface area contributed by atoms with Crippen LogP contribution in [-0.4, -0.2) is 52.4 Å². The summed E-state index contributed by atoms with van der Waals surface area (Å²) in [6.07, 6.45) is 1.40. The minimum atomic E-state index is -0.292. The Balaban J connectivity index is 1.95. The SMILES string of the molecule is CNc1nnc(C(=O)N2CCC(C(C)O)CC2)s1. The molecule has 1 aliphatic rings. The smallest absolute Gasteiger partial charge is 0.284 e. The molecule has 1 unspecified atom stereocenters. The van der Waals surface area contributed by atoms with Crippen LogP contribution in [0.25, 0.3) is 0 Å². The topological polar surface area (TPSA) is 78.4 Å². The number of aromatic nitrogens is 2. The van der Waals surface area contributed by atoms with Gasteiger partial charge < -0.3 is 15.3 Å². The summed E-state index contributed by atoms with van der Waals surface area (Å²) in [4.78, 5) is 13.9. The van der Waals surface area contributed by atoms with E-state index in [4.69, 9.17) is 0 Å². The summed E-state index contributed by atoms with van der Waals surface area (Å²) in [7, 11) is 1.75. The zero-order valence-electron chi connectivity index (χ0n) is 10.6. The first kappa shape index (κ1) is 13.2. The second kappa shape index (κ2) is 5.62. The van der Waals surface area contributed by atoms with Gasteiger partial charge in [-0.3, -0.25) is 4.79 Å². The predicted molar refractivity (Wildman–Crippen MR) is 69.8 cm³/mol. The van der Waals surface area contributed by atoms with Gasteiger partial charge in [-0.1, -0.05) is 11.3 Å². The van der Waals surface area contributed by atoms with E-state index in [0.717, 1.165) is 12.8 Å². The molecule has 7 heteroatoms. The number of anilines is 1. The van der Waals surface area contributed by atoms with Crippen LogP contribution in [0.4, 0.5) is 5.13 Å². The van der Waals surface area contributed by atoms with Crippen LogP contribution in [0.1, 0.15) is 29.6 Å². The Morgan fingerprint density at radius 1 is 1.50 bits per heavy atom. The fraction of sp³-hybridized carbons (Fsp3) is 0.727. The third kappa shape index (κ3) is 2.78. The summed E-state index contributed by atoms with van der Waals surface area (Å²) in [6, 6.07) is 0. The number of amides is 1. The number of hydrogen-bond acceptors (Lipinski definition) is 6. The summed E-state index contributed by atoms with van der Waals surface area (Å²) in [6.45, 7) is 3.18. The minimum absolute atomic E-state index is 0.0574. The van der Waals surface area contributed by atoms with Crippen molar-refractivity contribution in [3.8, 4) is 0 Å². The highest BCUT2D eigenvalue weighted by Crippen LogP contribution is 2.23. The minimum Gasteiger partial charge on any atom is -0.393 e. The number of carbonyl (C=O) groups is 1. The quantitative estimate of drug-likeness (QED) is 0.850. The number of nitrogens with zero attached hydrogens (tertiary/aromatic N) is 3. The normalized spacial score (nSPS) is 18.7. The highest BCUT2D eigenvalue weighted by Gasteiger charge is 2.27. The lowest BCUT2D eigenvalue weighted by Crippen LogP contribution is -2.40. The summed E-state index contributed by atoms with van der Waals surface area (Å²) in [5.41, 5.74) is 0. The fourth-order valence-electron chi connectivity index (χ4n) is 2.13. The first-order chi connectivity index (χ1) is 8.61. The maximum Gasteiger partial charge on any atom is 0.284 e. The molecule has 18 heavy (non-hydrogen) atoms. The van der Waals surface area contributed by atoms with Gasteiger partial charge in [0.2, 0.25) is 10.1 Å². The largest absolute Gasteiger partial charge is 0.393 e. The second-order valence-electron chi connectivity index (χ2n) is 4.53. The Bertz CT molecular complexity index is 413. The van der Waals surface area contributed by atoms with Crippen LogP contribution in [0.3, 0.4) is 0 Å². The van der Waals surface area contributed by atoms with Gasteiger partial charge in [-0.15, -0.1) is 10.2 Å². The molecule has 0 spiro atoms. The number of aliphatic hydroxyl groups excluding tert-OH is 1. The van der Waals surface area contributed by atoms with Crippen LogP contribution in [0, 0.1) is 5.92 Å². The molecule has 1 aliphatic heterocycles. The highest BCUT2D eigenvalue weighted by atomic mass is 32.1. The molecule has 100 valence electrons. The lowest BCUT2D eigenvalue weighted by atomic mass is 9.92. The Morgan fingerprint density at radius 3 is 2.67 bits per heavy atom. The number of likely N-dealkylation sites (tertiary alicyclic amines) is 1. The zero-order chi connectivity index (χ0) is 13.1. The number of carbonyl (C=O) groups excluding carboxylic acids is 1. The molecule has 1 aromatic rings. The molecule has 2 heterocycles. The van der Waals surface area contributed by atoms with E-state index in [-0.39, 0.29) is 12.0 Å². The number of rotatable bonds is 3. The summed E-state index contributed by atoms with van der Waals surface area (Å²) >= 11 is 1.27. The van der Waals surface area contributed by atoms with Gasteiger partial charge in [0, 0.05) is 20.1 Å². The molecule has 0 saturated carbocycles. The average molecular weight is 270 g/mol. The van der Waals surface area contributed by atoms with E-state index in [1.54, 1.807) is 11.9 Å². The maximum atomic E-state index is 12.1. The van der Waals surface area contributed by atoms with Crippen LogP contribution in [0.15, 0.2) is 0 Å². The molecule has 0 radical (unpaired) electrons. The van der Waals surface area contributed by atoms with E-state index in [0.29, 0.717) is 29.1 Å². The van der Waals surface area contributed by atoms with Gasteiger partial charge in [0.15, 0.2) is 0 Å². The van der Waals surface area contributed by atoms with E-state index in [2.05, 4.69) is 15.5 Å². The second-order valence-corrected chi connectivity index (χ2v) is 5.51. The Labute approximate surface area is 110 Å². The molecule has 0 aromatic carbocycles. The first-order valence-corrected chi connectivity index (χ1v) is 6.92. The molecule has 1 fully saturated rings. The van der Waals surface area contributed by atoms with Crippen molar-refractivity contribution in [2.45, 2.75) is 25.9 Å². The number of nitrogens with one attached hydrogen (secondary N) is 1. The van der Waals surface area contributed by atoms with Crippen molar-refractivity contribution in [2.75, 3.05) is 25.5 Å². The maximum absolute atomic E-state index is 12.1. The predicted octanol–water partition coefficient (Wildman–Crippen LogP) is 0.813. The van der Waals surface area contributed by atoms with Crippen molar-refractivity contribution >= 4 is 22.4 Å². The first-order valence-electron chi connectivity index (χ1n) is 6.10. The van der Waals surface area contributed by atoms with E-state index < -0.39 is 0 Å². The van der Waals surface area contributed by atoms with Gasteiger partial charge in [0.1, 0.15) is 0 Å². The van der Waals surface area contributed by atoms with E-state index in [9.17, 15) is 9.90 Å². The van der Waals surface area contributed by atoms with Crippen LogP contribution in [0.5, 0.6) is 0 Å². The van der Waals surface area contributed by atoms with Gasteiger partial charge in [0.05, 0.1) is 6.10 Å². The lowest BCUT2D eigenvalue weighted by molar-refractivity contribution is 0.0520. The van der Waals surface area contributed by atoms with Crippen molar-refractivity contribution in [3.05, 3.63) is 5.01 Å². The molecule has 1 saturated heterocycles. The van der Waals surface area contributed by atoms with Gasteiger partial charge in [-0.05, 0) is 25.7 Å². The van der Waals surface area contributed by atoms with E-state index in [1.807, 2.05) is 6.92 Å². The number of piperidine rings is 1. The van der Waals surface area contributed by atoms with E-state index >= 15 is 0 Å². The van der Waals surface area contributed by atoms with Gasteiger partial charge in [-0.2, -0.15) is 0 Å². The number of aliphatic hydroxyl groups is 1. The molecule has 2 N–H and O–H groups in total. The van der Waals surface area contributed by atoms with E-state index in [1.165, 1.54) is 11.3 Å². The highest BCUT2D eigenvalue weighted by molar-refractivity contribution is 7.17. The molecule has 0 bridgehead atoms. The molecule has 1 amide bonds. The molecule has 6 nitrogen and oxygen atoms in total. The summed E-state index contributed by atoms with van der Waals surface area (Å²) < 4.78 is 0. The van der Waals surface area contributed by atoms with Crippen LogP contribution in [0.2, 0.25) is 0 Å². The van der Waals surface area contributed by atoms with Crippen molar-refractivity contribution in [2.24, 2.45) is 5.92 Å². The molecule has 2 rings (SSSR count). The van der Waals surface area contributed by atoms with Crippen molar-refractivity contribution < 1.29 is 9.90 Å². The van der Waals surface area contributed by atoms with Crippen LogP contribution < -0.4 is 5.32 Å². The van der Waals surface area contributed by atoms with Crippen molar-refractivity contribution in [1.82, 2.24) is 15.1 Å². The van der Waals surface area contributed by atoms with Gasteiger partial charge in [0.25, 0.3) is 5.91 Å². The van der Waals surface area contributed by atoms with Crippen LogP contribution in [-0.2, 0) is 0 Å². The third-order valence-electron chi connectivity index (χ3n) is 3.33. The van der Waals surface area contributed by atoms with Crippen molar-refractivity contribution in [3.63, 3.8) is 0 Å². The third-order valence-corrected chi connectivity index (χ3v) is 4.26. The molecule has 1 aromatic heterocycles. The average Bonchev–Trinajstić information content (AvgIpc) is 2.86. The van der Waals surface area contributed by atoms with Crippen molar-refractivity contribution in [1.29, 1.82) is 0 Å². The fourth-order valence-corrected chi connectivity index (χ4v) is 2.80. The Morgan fingerprint density at radius 2 is 2.17 bits per heavy atom. The molecular formula is C11H18N4O2S. The monoisotopic (exact) mass is 270 g/mol. The Kier molecular flexibility index (Phi) is 4.13. The molecule has 0 aliphatic carbocycles. The van der Waals surface area contributed by atoms with Gasteiger partial charge in [-0.25, -0.2) is 0 Å². The summed E-state index contributed by atoms with van der Waals surface area (Å²) in [5, 5.41) is 21.2. The summed E-state index contributed by atoms with van der Waals surface area (Å²) in [5.74, 6) is 0.245. The number of hydrogen-bond donors (Lipinski definition) is 2. The standard InChI is InChI=1S/C11H18N4O2S/c1-7(16)8-3-5-15(6-4-8)10(17)9-13-14-11(12-2)18-9/h7-8,16H,3-6H2,1-2H3,(H,12,14). The molecule has 1 atom stereocenters. The Hall–Kier alpha value is -1.21. The van der Waals surface area contributed by atoms with Gasteiger partial charge >= 0.3 is 0 Å². The molecular weight excluding hydrogens is 252 g/mol. The lowest BCUT2D eigenvalue weighted by Gasteiger charge is -2.32. The van der Waals surface area contributed by atoms with Crippen LogP contribution >= 0.6 is 11.3 Å². The zero-order valence-corrected chi connectivity index (χ0v) is 11.4.